The van der Waals surface area contributed by atoms with Crippen LogP contribution in [0.4, 0.5) is 30.7 Å². The van der Waals surface area contributed by atoms with Gasteiger partial charge in [-0.25, -0.2) is 32.0 Å². The Hall–Kier alpha value is -2.77. The number of benzene rings is 1. The number of esters is 1. The van der Waals surface area contributed by atoms with Crippen LogP contribution in [-0.4, -0.2) is 29.9 Å². The van der Waals surface area contributed by atoms with Crippen LogP contribution in [0.15, 0.2) is 23.5 Å². The first-order valence-corrected chi connectivity index (χ1v) is 7.53. The van der Waals surface area contributed by atoms with E-state index in [0.717, 1.165) is 0 Å². The van der Waals surface area contributed by atoms with Crippen LogP contribution in [0.1, 0.15) is 10.5 Å². The first-order valence-electron chi connectivity index (χ1n) is 6.05. The lowest BCUT2D eigenvalue weighted by molar-refractivity contribution is -0.0438. The van der Waals surface area contributed by atoms with Crippen LogP contribution in [-0.2, 0) is 9.84 Å². The summed E-state index contributed by atoms with van der Waals surface area (Å²) in [7, 11) is -5.85. The lowest BCUT2D eigenvalue weighted by Gasteiger charge is -2.08. The van der Waals surface area contributed by atoms with Crippen molar-refractivity contribution in [3.05, 3.63) is 47.4 Å². The van der Waals surface area contributed by atoms with E-state index in [2.05, 4.69) is 14.7 Å². The van der Waals surface area contributed by atoms with Gasteiger partial charge in [-0.3, -0.25) is 0 Å². The van der Waals surface area contributed by atoms with Gasteiger partial charge >= 0.3 is 11.5 Å². The van der Waals surface area contributed by atoms with E-state index in [0.29, 0.717) is 0 Å². The summed E-state index contributed by atoms with van der Waals surface area (Å²) in [6.45, 7) is 0. The fraction of sp³-hybridized carbons (Fsp3) is 0.0833. The molecule has 0 aliphatic heterocycles. The van der Waals surface area contributed by atoms with E-state index in [1.165, 1.54) is 0 Å². The molecule has 2 aromatic rings. The van der Waals surface area contributed by atoms with Crippen LogP contribution in [0.3, 0.4) is 0 Å². The lowest BCUT2D eigenvalue weighted by atomic mass is 10.3. The van der Waals surface area contributed by atoms with E-state index in [9.17, 15) is 43.9 Å². The molecule has 1 aromatic heterocycles. The number of hydrogen-bond donors (Lipinski definition) is 0. The summed E-state index contributed by atoms with van der Waals surface area (Å²) in [4.78, 5) is 17.5. The maximum Gasteiger partial charge on any atom is 0.503 e. The molecule has 26 heavy (non-hydrogen) atoms. The number of hydrogen-bond acceptors (Lipinski definition) is 6. The zero-order valence-corrected chi connectivity index (χ0v) is 12.6. The number of ether oxygens (including phenoxy) is 1. The summed E-state index contributed by atoms with van der Waals surface area (Å²) in [6.07, 6.45) is 0.241. The standard InChI is InChI=1S/C12H3F7N2O4S/c13-4-1-5(14)9(16)10(8(4)15)25-11(22)6-2-21-7(3-20-6)26(23,24)12(17,18)19/h1-3H. The molecule has 1 aromatic carbocycles. The zero-order valence-electron chi connectivity index (χ0n) is 11.8. The van der Waals surface area contributed by atoms with Crippen LogP contribution < -0.4 is 4.74 Å². The molecular weight excluding hydrogens is 401 g/mol. The van der Waals surface area contributed by atoms with E-state index in [1.807, 2.05) is 0 Å². The molecule has 2 rings (SSSR count). The average Bonchev–Trinajstić information content (AvgIpc) is 2.56. The fourth-order valence-corrected chi connectivity index (χ4v) is 2.08. The number of nitrogens with zero attached hydrogens (tertiary/aromatic N) is 2. The Labute approximate surface area is 139 Å². The predicted molar refractivity (Wildman–Crippen MR) is 66.5 cm³/mol. The summed E-state index contributed by atoms with van der Waals surface area (Å²) < 4.78 is 116. The van der Waals surface area contributed by atoms with Crippen LogP contribution >= 0.6 is 0 Å². The fourth-order valence-electron chi connectivity index (χ4n) is 1.46. The Balaban J connectivity index is 2.34. The third-order valence-corrected chi connectivity index (χ3v) is 4.05. The Morgan fingerprint density at radius 1 is 0.962 bits per heavy atom. The largest absolute Gasteiger partial charge is 0.503 e. The minimum absolute atomic E-state index is 0.0400. The van der Waals surface area contributed by atoms with Gasteiger partial charge < -0.3 is 4.74 Å². The number of aromatic nitrogens is 2. The van der Waals surface area contributed by atoms with Crippen molar-refractivity contribution in [2.75, 3.05) is 0 Å². The number of carbonyl (C=O) groups is 1. The Morgan fingerprint density at radius 3 is 1.92 bits per heavy atom. The highest BCUT2D eigenvalue weighted by molar-refractivity contribution is 7.92. The molecule has 0 aliphatic carbocycles. The summed E-state index contributed by atoms with van der Waals surface area (Å²) in [5.41, 5.74) is -6.68. The highest BCUT2D eigenvalue weighted by atomic mass is 32.2. The molecule has 0 bridgehead atoms. The predicted octanol–water partition coefficient (Wildman–Crippen LogP) is 2.55. The molecule has 0 amide bonds. The molecule has 140 valence electrons. The van der Waals surface area contributed by atoms with Gasteiger partial charge in [0.25, 0.3) is 9.84 Å². The van der Waals surface area contributed by atoms with Crippen molar-refractivity contribution in [3.63, 3.8) is 0 Å². The van der Waals surface area contributed by atoms with Crippen molar-refractivity contribution in [2.24, 2.45) is 0 Å². The van der Waals surface area contributed by atoms with Crippen LogP contribution in [0.2, 0.25) is 0 Å². The molecule has 0 radical (unpaired) electrons. The molecule has 0 unspecified atom stereocenters. The highest BCUT2D eigenvalue weighted by Crippen LogP contribution is 2.29. The molecule has 0 saturated heterocycles. The average molecular weight is 404 g/mol. The first kappa shape index (κ1) is 19.6. The van der Waals surface area contributed by atoms with Crippen molar-refractivity contribution in [2.45, 2.75) is 10.5 Å². The molecule has 6 nitrogen and oxygen atoms in total. The minimum atomic E-state index is -5.85. The molecule has 0 fully saturated rings. The van der Waals surface area contributed by atoms with E-state index in [4.69, 9.17) is 0 Å². The molecule has 1 heterocycles. The van der Waals surface area contributed by atoms with Gasteiger partial charge in [-0.15, -0.1) is 0 Å². The molecule has 0 atom stereocenters. The maximum absolute atomic E-state index is 13.4. The topological polar surface area (TPSA) is 86.2 Å². The molecule has 0 spiro atoms. The van der Waals surface area contributed by atoms with E-state index >= 15 is 0 Å². The third-order valence-electron chi connectivity index (χ3n) is 2.68. The van der Waals surface area contributed by atoms with Gasteiger partial charge in [0.1, 0.15) is 0 Å². The number of alkyl halides is 3. The van der Waals surface area contributed by atoms with Crippen LogP contribution in [0.5, 0.6) is 5.75 Å². The number of carbonyl (C=O) groups excluding carboxylic acids is 1. The van der Waals surface area contributed by atoms with E-state index in [-0.39, 0.29) is 18.5 Å². The molecule has 0 N–H and O–H groups in total. The number of rotatable bonds is 3. The molecule has 0 saturated carbocycles. The van der Waals surface area contributed by atoms with E-state index < -0.39 is 61.1 Å². The van der Waals surface area contributed by atoms with Crippen molar-refractivity contribution in [1.82, 2.24) is 9.97 Å². The van der Waals surface area contributed by atoms with Gasteiger partial charge in [0.2, 0.25) is 17.4 Å². The maximum atomic E-state index is 13.4. The van der Waals surface area contributed by atoms with Crippen molar-refractivity contribution >= 4 is 15.8 Å². The van der Waals surface area contributed by atoms with Crippen LogP contribution in [0, 0.1) is 23.3 Å². The normalized spacial score (nSPS) is 12.1. The van der Waals surface area contributed by atoms with E-state index in [1.54, 1.807) is 0 Å². The summed E-state index contributed by atoms with van der Waals surface area (Å²) in [5.74, 6) is -11.4. The Morgan fingerprint density at radius 2 is 1.50 bits per heavy atom. The van der Waals surface area contributed by atoms with Crippen LogP contribution in [0.25, 0.3) is 0 Å². The second-order valence-corrected chi connectivity index (χ2v) is 6.26. The summed E-state index contributed by atoms with van der Waals surface area (Å²) >= 11 is 0. The van der Waals surface area contributed by atoms with Gasteiger partial charge in [-0.2, -0.15) is 22.0 Å². The van der Waals surface area contributed by atoms with Crippen molar-refractivity contribution in [3.8, 4) is 5.75 Å². The highest BCUT2D eigenvalue weighted by Gasteiger charge is 2.48. The van der Waals surface area contributed by atoms with Gasteiger partial charge in [0, 0.05) is 6.07 Å². The quantitative estimate of drug-likeness (QED) is 0.338. The minimum Gasteiger partial charge on any atom is -0.415 e. The van der Waals surface area contributed by atoms with Gasteiger partial charge in [-0.05, 0) is 0 Å². The Kier molecular flexibility index (Phi) is 4.90. The first-order chi connectivity index (χ1) is 11.9. The number of sulfone groups is 1. The SMILES string of the molecule is O=C(Oc1c(F)c(F)cc(F)c1F)c1cnc(S(=O)(=O)C(F)(F)F)cn1. The lowest BCUT2D eigenvalue weighted by Crippen LogP contribution is -2.25. The Bertz CT molecular complexity index is 948. The smallest absolute Gasteiger partial charge is 0.415 e. The molecule has 0 aliphatic rings. The van der Waals surface area contributed by atoms with Gasteiger partial charge in [0.15, 0.2) is 22.4 Å². The second kappa shape index (κ2) is 6.51. The number of halogens is 7. The van der Waals surface area contributed by atoms with Crippen molar-refractivity contribution in [1.29, 1.82) is 0 Å². The van der Waals surface area contributed by atoms with Gasteiger partial charge in [-0.1, -0.05) is 0 Å². The van der Waals surface area contributed by atoms with Crippen molar-refractivity contribution < 1.29 is 48.7 Å². The van der Waals surface area contributed by atoms with Gasteiger partial charge in [0.05, 0.1) is 12.4 Å². The summed E-state index contributed by atoms with van der Waals surface area (Å²) in [6, 6.07) is -0.154. The zero-order chi connectivity index (χ0) is 19.9. The molecular formula is C12H3F7N2O4S. The second-order valence-electron chi connectivity index (χ2n) is 4.38. The third kappa shape index (κ3) is 3.44. The summed E-state index contributed by atoms with van der Waals surface area (Å²) in [5, 5.41) is -1.56. The monoisotopic (exact) mass is 404 g/mol. The molecule has 14 heteroatoms.